The van der Waals surface area contributed by atoms with Gasteiger partial charge in [0.05, 0.1) is 0 Å². The fourth-order valence-electron chi connectivity index (χ4n) is 1.89. The third kappa shape index (κ3) is 4.34. The molecule has 0 aliphatic carbocycles. The van der Waals surface area contributed by atoms with Gasteiger partial charge in [0.1, 0.15) is 11.4 Å². The number of carbonyl (C=O) groups excluding carboxylic acids is 1. The van der Waals surface area contributed by atoms with Gasteiger partial charge in [-0.05, 0) is 44.5 Å². The standard InChI is InChI=1S/C16H19FN2O2/c1-16(2,3)21-15(20)18-8-4-5-11-10-19-14-7-6-12(17)9-13(11)14/h4-7,9-10,19H,8H2,1-3H3,(H,18,20). The number of ether oxygens (including phenoxy) is 1. The Morgan fingerprint density at radius 2 is 2.19 bits per heavy atom. The van der Waals surface area contributed by atoms with Crippen molar-refractivity contribution in [3.8, 4) is 0 Å². The molecule has 1 aromatic carbocycles. The molecule has 0 saturated carbocycles. The second-order valence-electron chi connectivity index (χ2n) is 5.72. The fraction of sp³-hybridized carbons (Fsp3) is 0.312. The van der Waals surface area contributed by atoms with Crippen LogP contribution in [0.5, 0.6) is 0 Å². The lowest BCUT2D eigenvalue weighted by Gasteiger charge is -2.19. The van der Waals surface area contributed by atoms with E-state index in [1.807, 2.05) is 26.8 Å². The van der Waals surface area contributed by atoms with Gasteiger partial charge in [-0.3, -0.25) is 0 Å². The summed E-state index contributed by atoms with van der Waals surface area (Å²) in [7, 11) is 0. The first kappa shape index (κ1) is 15.1. The van der Waals surface area contributed by atoms with E-state index in [2.05, 4.69) is 10.3 Å². The van der Waals surface area contributed by atoms with Crippen LogP contribution in [-0.2, 0) is 4.74 Å². The third-order valence-corrected chi connectivity index (χ3v) is 2.74. The Hall–Kier alpha value is -2.30. The molecule has 2 aromatic rings. The largest absolute Gasteiger partial charge is 0.444 e. The lowest BCUT2D eigenvalue weighted by Crippen LogP contribution is -2.32. The number of aromatic amines is 1. The van der Waals surface area contributed by atoms with Crippen LogP contribution >= 0.6 is 0 Å². The highest BCUT2D eigenvalue weighted by Gasteiger charge is 2.14. The average molecular weight is 290 g/mol. The van der Waals surface area contributed by atoms with Crippen LogP contribution < -0.4 is 5.32 Å². The van der Waals surface area contributed by atoms with Gasteiger partial charge in [0.2, 0.25) is 0 Å². The van der Waals surface area contributed by atoms with Gasteiger partial charge < -0.3 is 15.0 Å². The Morgan fingerprint density at radius 3 is 2.90 bits per heavy atom. The summed E-state index contributed by atoms with van der Waals surface area (Å²) in [6.45, 7) is 5.77. The Bertz CT molecular complexity index is 668. The van der Waals surface area contributed by atoms with Gasteiger partial charge in [-0.15, -0.1) is 0 Å². The van der Waals surface area contributed by atoms with Crippen LogP contribution in [0.3, 0.4) is 0 Å². The summed E-state index contributed by atoms with van der Waals surface area (Å²) in [5.41, 5.74) is 1.23. The molecule has 0 fully saturated rings. The molecule has 21 heavy (non-hydrogen) atoms. The van der Waals surface area contributed by atoms with Crippen LogP contribution in [0.1, 0.15) is 26.3 Å². The zero-order valence-electron chi connectivity index (χ0n) is 12.4. The normalized spacial score (nSPS) is 12.0. The Kier molecular flexibility index (Phi) is 4.31. The molecule has 1 amide bonds. The maximum atomic E-state index is 13.2. The predicted octanol–water partition coefficient (Wildman–Crippen LogP) is 3.84. The highest BCUT2D eigenvalue weighted by Crippen LogP contribution is 2.20. The number of hydrogen-bond donors (Lipinski definition) is 2. The number of fused-ring (bicyclic) bond motifs is 1. The van der Waals surface area contributed by atoms with Crippen molar-refractivity contribution in [1.82, 2.24) is 10.3 Å². The summed E-state index contributed by atoms with van der Waals surface area (Å²) in [4.78, 5) is 14.5. The van der Waals surface area contributed by atoms with Crippen molar-refractivity contribution in [2.24, 2.45) is 0 Å². The van der Waals surface area contributed by atoms with E-state index in [4.69, 9.17) is 4.74 Å². The van der Waals surface area contributed by atoms with E-state index in [9.17, 15) is 9.18 Å². The van der Waals surface area contributed by atoms with Crippen molar-refractivity contribution in [2.75, 3.05) is 6.54 Å². The Morgan fingerprint density at radius 1 is 1.43 bits per heavy atom. The van der Waals surface area contributed by atoms with Crippen molar-refractivity contribution in [3.05, 3.63) is 41.9 Å². The molecule has 2 rings (SSSR count). The highest BCUT2D eigenvalue weighted by atomic mass is 19.1. The molecule has 0 radical (unpaired) electrons. The summed E-state index contributed by atoms with van der Waals surface area (Å²) >= 11 is 0. The minimum atomic E-state index is -0.512. The Balaban J connectivity index is 1.95. The van der Waals surface area contributed by atoms with Crippen LogP contribution in [-0.4, -0.2) is 23.2 Å². The molecule has 2 N–H and O–H groups in total. The van der Waals surface area contributed by atoms with Crippen LogP contribution in [0.4, 0.5) is 9.18 Å². The molecule has 1 heterocycles. The molecule has 0 bridgehead atoms. The van der Waals surface area contributed by atoms with Crippen LogP contribution in [0.15, 0.2) is 30.5 Å². The molecule has 0 saturated heterocycles. The van der Waals surface area contributed by atoms with Crippen LogP contribution in [0.2, 0.25) is 0 Å². The van der Waals surface area contributed by atoms with Crippen molar-refractivity contribution >= 4 is 23.1 Å². The summed E-state index contributed by atoms with van der Waals surface area (Å²) < 4.78 is 18.4. The van der Waals surface area contributed by atoms with E-state index < -0.39 is 11.7 Å². The minimum Gasteiger partial charge on any atom is -0.444 e. The average Bonchev–Trinajstić information content (AvgIpc) is 2.75. The minimum absolute atomic E-state index is 0.274. The van der Waals surface area contributed by atoms with E-state index in [1.165, 1.54) is 12.1 Å². The van der Waals surface area contributed by atoms with Crippen molar-refractivity contribution < 1.29 is 13.9 Å². The number of rotatable bonds is 3. The number of alkyl carbamates (subject to hydrolysis) is 1. The Labute approximate surface area is 123 Å². The number of carbonyl (C=O) groups is 1. The smallest absolute Gasteiger partial charge is 0.407 e. The molecule has 0 unspecified atom stereocenters. The molecule has 0 aliphatic rings. The number of aromatic nitrogens is 1. The molecular formula is C16H19FN2O2. The first-order valence-electron chi connectivity index (χ1n) is 6.75. The predicted molar refractivity (Wildman–Crippen MR) is 81.5 cm³/mol. The molecular weight excluding hydrogens is 271 g/mol. The van der Waals surface area contributed by atoms with E-state index in [1.54, 1.807) is 18.3 Å². The molecule has 4 nitrogen and oxygen atoms in total. The van der Waals surface area contributed by atoms with Crippen LogP contribution in [0.25, 0.3) is 17.0 Å². The van der Waals surface area contributed by atoms with E-state index in [-0.39, 0.29) is 5.82 Å². The fourth-order valence-corrected chi connectivity index (χ4v) is 1.89. The highest BCUT2D eigenvalue weighted by molar-refractivity contribution is 5.88. The van der Waals surface area contributed by atoms with Gasteiger partial charge in [0.25, 0.3) is 0 Å². The second kappa shape index (κ2) is 5.99. The van der Waals surface area contributed by atoms with Gasteiger partial charge in [-0.25, -0.2) is 9.18 Å². The number of H-pyrrole nitrogens is 1. The number of halogens is 1. The van der Waals surface area contributed by atoms with Gasteiger partial charge in [0, 0.05) is 23.6 Å². The number of hydrogen-bond acceptors (Lipinski definition) is 2. The summed E-state index contributed by atoms with van der Waals surface area (Å²) in [5.74, 6) is -0.274. The zero-order valence-corrected chi connectivity index (χ0v) is 12.4. The number of nitrogens with one attached hydrogen (secondary N) is 2. The second-order valence-corrected chi connectivity index (χ2v) is 5.72. The number of amides is 1. The zero-order chi connectivity index (χ0) is 15.5. The first-order valence-corrected chi connectivity index (χ1v) is 6.75. The van der Waals surface area contributed by atoms with E-state index in [0.717, 1.165) is 16.5 Å². The monoisotopic (exact) mass is 290 g/mol. The molecule has 0 atom stereocenters. The van der Waals surface area contributed by atoms with E-state index in [0.29, 0.717) is 6.54 Å². The van der Waals surface area contributed by atoms with Crippen LogP contribution in [0, 0.1) is 5.82 Å². The quantitative estimate of drug-likeness (QED) is 0.902. The molecule has 0 spiro atoms. The summed E-state index contributed by atoms with van der Waals surface area (Å²) in [6, 6.07) is 4.59. The molecule has 1 aromatic heterocycles. The topological polar surface area (TPSA) is 54.1 Å². The van der Waals surface area contributed by atoms with Crippen molar-refractivity contribution in [3.63, 3.8) is 0 Å². The summed E-state index contributed by atoms with van der Waals surface area (Å²) in [5, 5.41) is 3.44. The van der Waals surface area contributed by atoms with Gasteiger partial charge in [0.15, 0.2) is 0 Å². The van der Waals surface area contributed by atoms with Crippen molar-refractivity contribution in [2.45, 2.75) is 26.4 Å². The lowest BCUT2D eigenvalue weighted by atomic mass is 10.1. The maximum Gasteiger partial charge on any atom is 0.407 e. The third-order valence-electron chi connectivity index (χ3n) is 2.74. The van der Waals surface area contributed by atoms with Gasteiger partial charge in [-0.2, -0.15) is 0 Å². The SMILES string of the molecule is CC(C)(C)OC(=O)NCC=Cc1c[nH]c2ccc(F)cc12. The lowest BCUT2D eigenvalue weighted by molar-refractivity contribution is 0.0534. The molecule has 0 aliphatic heterocycles. The van der Waals surface area contributed by atoms with Crippen molar-refractivity contribution in [1.29, 1.82) is 0 Å². The first-order chi connectivity index (χ1) is 9.85. The van der Waals surface area contributed by atoms with E-state index >= 15 is 0 Å². The van der Waals surface area contributed by atoms with Gasteiger partial charge in [-0.1, -0.05) is 12.2 Å². The maximum absolute atomic E-state index is 13.2. The van der Waals surface area contributed by atoms with Gasteiger partial charge >= 0.3 is 6.09 Å². The molecule has 112 valence electrons. The number of benzene rings is 1. The summed E-state index contributed by atoms with van der Waals surface area (Å²) in [6.07, 6.45) is 4.96. The molecule has 5 heteroatoms.